The number of amides is 1. The zero-order valence-electron chi connectivity index (χ0n) is 12.6. The van der Waals surface area contributed by atoms with Crippen LogP contribution in [0.15, 0.2) is 46.0 Å². The first-order valence-electron chi connectivity index (χ1n) is 7.47. The van der Waals surface area contributed by atoms with Gasteiger partial charge in [-0.25, -0.2) is 8.42 Å². The van der Waals surface area contributed by atoms with Crippen molar-refractivity contribution in [2.24, 2.45) is 0 Å². The molecule has 3 rings (SSSR count). The van der Waals surface area contributed by atoms with Gasteiger partial charge in [0.1, 0.15) is 0 Å². The number of nitrogens with one attached hydrogen (secondary N) is 1. The molecule has 1 aliphatic heterocycles. The van der Waals surface area contributed by atoms with Crippen LogP contribution in [0.5, 0.6) is 0 Å². The fourth-order valence-corrected chi connectivity index (χ4v) is 4.76. The van der Waals surface area contributed by atoms with Crippen molar-refractivity contribution in [1.29, 1.82) is 0 Å². The molecule has 0 spiro atoms. The van der Waals surface area contributed by atoms with Gasteiger partial charge in [0.2, 0.25) is 15.9 Å². The summed E-state index contributed by atoms with van der Waals surface area (Å²) in [4.78, 5) is 12.2. The standard InChI is InChI=1S/C16H18N2O3S2/c19-16(11-13-7-10-22-12-13)17-14-3-5-15(6-4-14)23(20,21)18-8-1-2-9-18/h3-7,10,12H,1-2,8-9,11H2,(H,17,19). The topological polar surface area (TPSA) is 66.5 Å². The molecule has 7 heteroatoms. The molecule has 23 heavy (non-hydrogen) atoms. The number of thiophene rings is 1. The molecule has 1 fully saturated rings. The Morgan fingerprint density at radius 2 is 1.83 bits per heavy atom. The Kier molecular flexibility index (Phi) is 4.79. The Morgan fingerprint density at radius 3 is 2.43 bits per heavy atom. The number of anilines is 1. The molecule has 0 bridgehead atoms. The normalized spacial score (nSPS) is 15.7. The molecule has 2 aromatic rings. The number of sulfonamides is 1. The summed E-state index contributed by atoms with van der Waals surface area (Å²) in [7, 11) is -3.40. The van der Waals surface area contributed by atoms with Gasteiger partial charge in [0, 0.05) is 18.8 Å². The average molecular weight is 350 g/mol. The molecule has 1 N–H and O–H groups in total. The van der Waals surface area contributed by atoms with E-state index in [-0.39, 0.29) is 10.8 Å². The monoisotopic (exact) mass is 350 g/mol. The van der Waals surface area contributed by atoms with E-state index in [2.05, 4.69) is 5.32 Å². The van der Waals surface area contributed by atoms with Crippen LogP contribution in [0.25, 0.3) is 0 Å². The number of benzene rings is 1. The minimum absolute atomic E-state index is 0.112. The summed E-state index contributed by atoms with van der Waals surface area (Å²) >= 11 is 1.55. The van der Waals surface area contributed by atoms with Crippen molar-refractivity contribution in [2.45, 2.75) is 24.2 Å². The Hall–Kier alpha value is -1.70. The Labute approximate surface area is 140 Å². The minimum Gasteiger partial charge on any atom is -0.326 e. The van der Waals surface area contributed by atoms with E-state index in [1.165, 1.54) is 4.31 Å². The van der Waals surface area contributed by atoms with E-state index in [1.54, 1.807) is 35.6 Å². The van der Waals surface area contributed by atoms with Crippen molar-refractivity contribution in [3.8, 4) is 0 Å². The van der Waals surface area contributed by atoms with E-state index < -0.39 is 10.0 Å². The molecule has 0 atom stereocenters. The molecule has 0 saturated carbocycles. The molecule has 2 heterocycles. The van der Waals surface area contributed by atoms with E-state index >= 15 is 0 Å². The van der Waals surface area contributed by atoms with Crippen molar-refractivity contribution >= 4 is 33.0 Å². The maximum atomic E-state index is 12.4. The highest BCUT2D eigenvalue weighted by Crippen LogP contribution is 2.22. The van der Waals surface area contributed by atoms with Gasteiger partial charge in [-0.3, -0.25) is 4.79 Å². The van der Waals surface area contributed by atoms with Crippen molar-refractivity contribution in [3.63, 3.8) is 0 Å². The minimum atomic E-state index is -3.40. The fraction of sp³-hybridized carbons (Fsp3) is 0.312. The zero-order chi connectivity index (χ0) is 16.3. The summed E-state index contributed by atoms with van der Waals surface area (Å²) in [5.74, 6) is -0.112. The van der Waals surface area contributed by atoms with Gasteiger partial charge in [-0.05, 0) is 59.5 Å². The molecule has 1 aromatic heterocycles. The van der Waals surface area contributed by atoms with Gasteiger partial charge >= 0.3 is 0 Å². The molecule has 1 aliphatic rings. The molecular formula is C16H18N2O3S2. The molecule has 1 saturated heterocycles. The first-order chi connectivity index (χ1) is 11.1. The Morgan fingerprint density at radius 1 is 1.13 bits per heavy atom. The average Bonchev–Trinajstić information content (AvgIpc) is 3.21. The number of carbonyl (C=O) groups is 1. The van der Waals surface area contributed by atoms with Gasteiger partial charge in [-0.1, -0.05) is 0 Å². The molecule has 1 amide bonds. The van der Waals surface area contributed by atoms with Crippen molar-refractivity contribution in [3.05, 3.63) is 46.7 Å². The number of carbonyl (C=O) groups excluding carboxylic acids is 1. The number of rotatable bonds is 5. The lowest BCUT2D eigenvalue weighted by molar-refractivity contribution is -0.115. The summed E-state index contributed by atoms with van der Waals surface area (Å²) in [5.41, 5.74) is 1.58. The van der Waals surface area contributed by atoms with Gasteiger partial charge in [0.05, 0.1) is 11.3 Å². The highest BCUT2D eigenvalue weighted by Gasteiger charge is 2.26. The molecular weight excluding hydrogens is 332 g/mol. The van der Waals surface area contributed by atoms with Crippen LogP contribution < -0.4 is 5.32 Å². The van der Waals surface area contributed by atoms with Crippen LogP contribution in [0.3, 0.4) is 0 Å². The largest absolute Gasteiger partial charge is 0.326 e. The lowest BCUT2D eigenvalue weighted by Crippen LogP contribution is -2.27. The summed E-state index contributed by atoms with van der Waals surface area (Å²) in [6.07, 6.45) is 2.14. The predicted octanol–water partition coefficient (Wildman–Crippen LogP) is 2.71. The Bertz CT molecular complexity index is 762. The highest BCUT2D eigenvalue weighted by molar-refractivity contribution is 7.89. The molecule has 0 unspecified atom stereocenters. The van der Waals surface area contributed by atoms with Crippen LogP contribution in [0, 0.1) is 0 Å². The van der Waals surface area contributed by atoms with Gasteiger partial charge in [0.25, 0.3) is 0 Å². The second-order valence-corrected chi connectivity index (χ2v) is 8.21. The second-order valence-electron chi connectivity index (χ2n) is 5.49. The lowest BCUT2D eigenvalue weighted by Gasteiger charge is -2.15. The van der Waals surface area contributed by atoms with Crippen molar-refractivity contribution in [1.82, 2.24) is 4.31 Å². The fourth-order valence-electron chi connectivity index (χ4n) is 2.57. The summed E-state index contributed by atoms with van der Waals surface area (Å²) in [6.45, 7) is 1.17. The van der Waals surface area contributed by atoms with Gasteiger partial charge in [-0.15, -0.1) is 0 Å². The van der Waals surface area contributed by atoms with Crippen LogP contribution in [0.2, 0.25) is 0 Å². The predicted molar refractivity (Wildman–Crippen MR) is 91.1 cm³/mol. The summed E-state index contributed by atoms with van der Waals surface area (Å²) in [5, 5.41) is 6.65. The highest BCUT2D eigenvalue weighted by atomic mass is 32.2. The molecule has 122 valence electrons. The SMILES string of the molecule is O=C(Cc1ccsc1)Nc1ccc(S(=O)(=O)N2CCCC2)cc1. The van der Waals surface area contributed by atoms with Gasteiger partial charge in [-0.2, -0.15) is 15.6 Å². The number of nitrogens with zero attached hydrogens (tertiary/aromatic N) is 1. The van der Waals surface area contributed by atoms with E-state index in [9.17, 15) is 13.2 Å². The first kappa shape index (κ1) is 16.2. The van der Waals surface area contributed by atoms with Crippen molar-refractivity contribution < 1.29 is 13.2 Å². The van der Waals surface area contributed by atoms with Crippen LogP contribution in [0.1, 0.15) is 18.4 Å². The van der Waals surface area contributed by atoms with Gasteiger partial charge in [0.15, 0.2) is 0 Å². The van der Waals surface area contributed by atoms with Crippen LogP contribution in [-0.2, 0) is 21.2 Å². The lowest BCUT2D eigenvalue weighted by atomic mass is 10.2. The third-order valence-electron chi connectivity index (χ3n) is 3.79. The van der Waals surface area contributed by atoms with E-state index in [1.807, 2.05) is 16.8 Å². The number of hydrogen-bond donors (Lipinski definition) is 1. The molecule has 0 radical (unpaired) electrons. The maximum Gasteiger partial charge on any atom is 0.243 e. The van der Waals surface area contributed by atoms with Crippen molar-refractivity contribution in [2.75, 3.05) is 18.4 Å². The van der Waals surface area contributed by atoms with Gasteiger partial charge < -0.3 is 5.32 Å². The maximum absolute atomic E-state index is 12.4. The third kappa shape index (κ3) is 3.80. The van der Waals surface area contributed by atoms with Crippen LogP contribution in [0.4, 0.5) is 5.69 Å². The Balaban J connectivity index is 1.66. The van der Waals surface area contributed by atoms with E-state index in [4.69, 9.17) is 0 Å². The smallest absolute Gasteiger partial charge is 0.243 e. The zero-order valence-corrected chi connectivity index (χ0v) is 14.2. The second kappa shape index (κ2) is 6.82. The number of hydrogen-bond acceptors (Lipinski definition) is 4. The van der Waals surface area contributed by atoms with Crippen LogP contribution >= 0.6 is 11.3 Å². The summed E-state index contributed by atoms with van der Waals surface area (Å²) in [6, 6.07) is 8.28. The summed E-state index contributed by atoms with van der Waals surface area (Å²) < 4.78 is 26.3. The third-order valence-corrected chi connectivity index (χ3v) is 6.43. The van der Waals surface area contributed by atoms with Crippen LogP contribution in [-0.4, -0.2) is 31.7 Å². The molecule has 5 nitrogen and oxygen atoms in total. The molecule has 0 aliphatic carbocycles. The first-order valence-corrected chi connectivity index (χ1v) is 9.85. The quantitative estimate of drug-likeness (QED) is 0.902. The van der Waals surface area contributed by atoms with E-state index in [0.29, 0.717) is 25.2 Å². The molecule has 1 aromatic carbocycles. The van der Waals surface area contributed by atoms with E-state index in [0.717, 1.165) is 18.4 Å².